The van der Waals surface area contributed by atoms with Gasteiger partial charge in [0.05, 0.1) is 18.4 Å². The minimum absolute atomic E-state index is 0.592. The van der Waals surface area contributed by atoms with E-state index in [4.69, 9.17) is 4.74 Å². The van der Waals surface area contributed by atoms with E-state index in [1.54, 1.807) is 13.2 Å². The number of hydrogen-bond donors (Lipinski definition) is 1. The molecule has 0 fully saturated rings. The van der Waals surface area contributed by atoms with Gasteiger partial charge >= 0.3 is 0 Å². The number of anilines is 1. The molecule has 0 spiro atoms. The van der Waals surface area contributed by atoms with Gasteiger partial charge in [0.15, 0.2) is 0 Å². The van der Waals surface area contributed by atoms with Crippen LogP contribution in [0.2, 0.25) is 0 Å². The fourth-order valence-corrected chi connectivity index (χ4v) is 2.15. The number of benzene rings is 2. The Labute approximate surface area is 119 Å². The fraction of sp³-hybridized carbons (Fsp3) is 0.235. The molecule has 102 valence electrons. The molecule has 20 heavy (non-hydrogen) atoms. The summed E-state index contributed by atoms with van der Waals surface area (Å²) < 4.78 is 5.32. The predicted octanol–water partition coefficient (Wildman–Crippen LogP) is 3.80. The molecule has 0 heterocycles. The van der Waals surface area contributed by atoms with Crippen LogP contribution in [0.5, 0.6) is 5.75 Å². The highest BCUT2D eigenvalue weighted by molar-refractivity contribution is 5.66. The summed E-state index contributed by atoms with van der Waals surface area (Å²) in [6.07, 6.45) is 0. The summed E-state index contributed by atoms with van der Waals surface area (Å²) in [5.74, 6) is 0.689. The van der Waals surface area contributed by atoms with E-state index in [-0.39, 0.29) is 0 Å². The molecular formula is C17H18N2O. The van der Waals surface area contributed by atoms with E-state index in [0.29, 0.717) is 17.9 Å². The van der Waals surface area contributed by atoms with Gasteiger partial charge in [-0.1, -0.05) is 29.8 Å². The van der Waals surface area contributed by atoms with E-state index < -0.39 is 0 Å². The quantitative estimate of drug-likeness (QED) is 0.915. The second-order valence-corrected chi connectivity index (χ2v) is 4.78. The topological polar surface area (TPSA) is 45.0 Å². The van der Waals surface area contributed by atoms with Gasteiger partial charge in [-0.2, -0.15) is 5.26 Å². The number of aryl methyl sites for hydroxylation is 2. The molecule has 0 saturated carbocycles. The van der Waals surface area contributed by atoms with Crippen molar-refractivity contribution >= 4 is 5.69 Å². The van der Waals surface area contributed by atoms with E-state index >= 15 is 0 Å². The summed E-state index contributed by atoms with van der Waals surface area (Å²) in [4.78, 5) is 0. The van der Waals surface area contributed by atoms with Crippen molar-refractivity contribution in [3.8, 4) is 11.8 Å². The normalized spacial score (nSPS) is 9.90. The lowest BCUT2D eigenvalue weighted by atomic mass is 10.1. The molecule has 0 atom stereocenters. The molecule has 0 bridgehead atoms. The standard InChI is InChI=1S/C17H18N2O/c1-12-7-8-13(2)15(9-12)11-19-17-14(10-18)5-4-6-16(17)20-3/h4-9,19H,11H2,1-3H3. The Morgan fingerprint density at radius 1 is 1.20 bits per heavy atom. The van der Waals surface area contributed by atoms with Crippen LogP contribution in [-0.2, 0) is 6.54 Å². The third-order valence-corrected chi connectivity index (χ3v) is 3.33. The zero-order valence-corrected chi connectivity index (χ0v) is 12.0. The van der Waals surface area contributed by atoms with Crippen LogP contribution < -0.4 is 10.1 Å². The average Bonchev–Trinajstić information content (AvgIpc) is 2.47. The van der Waals surface area contributed by atoms with Gasteiger partial charge in [0.1, 0.15) is 11.8 Å². The second-order valence-electron chi connectivity index (χ2n) is 4.78. The molecule has 0 unspecified atom stereocenters. The summed E-state index contributed by atoms with van der Waals surface area (Å²) >= 11 is 0. The van der Waals surface area contributed by atoms with Crippen LogP contribution >= 0.6 is 0 Å². The monoisotopic (exact) mass is 266 g/mol. The molecular weight excluding hydrogens is 248 g/mol. The van der Waals surface area contributed by atoms with Gasteiger partial charge in [-0.3, -0.25) is 0 Å². The van der Waals surface area contributed by atoms with Crippen LogP contribution in [0.1, 0.15) is 22.3 Å². The molecule has 2 aromatic rings. The predicted molar refractivity (Wildman–Crippen MR) is 81.0 cm³/mol. The lowest BCUT2D eigenvalue weighted by molar-refractivity contribution is 0.416. The Bertz CT molecular complexity index is 657. The van der Waals surface area contributed by atoms with Crippen molar-refractivity contribution in [3.63, 3.8) is 0 Å². The van der Waals surface area contributed by atoms with Gasteiger partial charge in [-0.15, -0.1) is 0 Å². The molecule has 3 nitrogen and oxygen atoms in total. The van der Waals surface area contributed by atoms with Gasteiger partial charge < -0.3 is 10.1 Å². The largest absolute Gasteiger partial charge is 0.495 e. The number of nitrogens with zero attached hydrogens (tertiary/aromatic N) is 1. The summed E-state index contributed by atoms with van der Waals surface area (Å²) in [7, 11) is 1.61. The molecule has 0 aliphatic rings. The van der Waals surface area contributed by atoms with Crippen molar-refractivity contribution in [2.24, 2.45) is 0 Å². The maximum Gasteiger partial charge on any atom is 0.143 e. The van der Waals surface area contributed by atoms with E-state index in [0.717, 1.165) is 5.69 Å². The van der Waals surface area contributed by atoms with Gasteiger partial charge in [0.25, 0.3) is 0 Å². The number of hydrogen-bond acceptors (Lipinski definition) is 3. The summed E-state index contributed by atoms with van der Waals surface area (Å²) in [6.45, 7) is 4.83. The Morgan fingerprint density at radius 3 is 2.70 bits per heavy atom. The molecule has 1 N–H and O–H groups in total. The summed E-state index contributed by atoms with van der Waals surface area (Å²) in [6, 6.07) is 14.0. The fourth-order valence-electron chi connectivity index (χ4n) is 2.15. The average molecular weight is 266 g/mol. The molecule has 0 aliphatic heterocycles. The molecule has 2 rings (SSSR count). The number of methoxy groups -OCH3 is 1. The molecule has 2 aromatic carbocycles. The van der Waals surface area contributed by atoms with Crippen molar-refractivity contribution in [2.45, 2.75) is 20.4 Å². The number of nitrogens with one attached hydrogen (secondary N) is 1. The lowest BCUT2D eigenvalue weighted by Crippen LogP contribution is -2.05. The van der Waals surface area contributed by atoms with Crippen molar-refractivity contribution < 1.29 is 4.74 Å². The first-order valence-corrected chi connectivity index (χ1v) is 6.53. The van der Waals surface area contributed by atoms with Gasteiger partial charge in [0.2, 0.25) is 0 Å². The van der Waals surface area contributed by atoms with Crippen LogP contribution in [-0.4, -0.2) is 7.11 Å². The maximum atomic E-state index is 9.19. The molecule has 0 aromatic heterocycles. The molecule has 0 saturated heterocycles. The Kier molecular flexibility index (Phi) is 4.27. The summed E-state index contributed by atoms with van der Waals surface area (Å²) in [5, 5.41) is 12.5. The zero-order valence-electron chi connectivity index (χ0n) is 12.0. The highest BCUT2D eigenvalue weighted by Crippen LogP contribution is 2.28. The van der Waals surface area contributed by atoms with E-state index in [9.17, 15) is 5.26 Å². The first-order chi connectivity index (χ1) is 9.65. The van der Waals surface area contributed by atoms with Crippen LogP contribution in [0.3, 0.4) is 0 Å². The highest BCUT2D eigenvalue weighted by Gasteiger charge is 2.09. The number of ether oxygens (including phenoxy) is 1. The van der Waals surface area contributed by atoms with Crippen LogP contribution in [0, 0.1) is 25.2 Å². The molecule has 0 amide bonds. The summed E-state index contributed by atoms with van der Waals surface area (Å²) in [5.41, 5.74) is 5.03. The first-order valence-electron chi connectivity index (χ1n) is 6.53. The molecule has 0 aliphatic carbocycles. The Morgan fingerprint density at radius 2 is 2.00 bits per heavy atom. The minimum Gasteiger partial charge on any atom is -0.495 e. The lowest BCUT2D eigenvalue weighted by Gasteiger charge is -2.14. The smallest absolute Gasteiger partial charge is 0.143 e. The second kappa shape index (κ2) is 6.12. The van der Waals surface area contributed by atoms with E-state index in [1.165, 1.54) is 16.7 Å². The SMILES string of the molecule is COc1cccc(C#N)c1NCc1cc(C)ccc1C. The van der Waals surface area contributed by atoms with Crippen molar-refractivity contribution in [1.29, 1.82) is 5.26 Å². The van der Waals surface area contributed by atoms with Crippen LogP contribution in [0.4, 0.5) is 5.69 Å². The van der Waals surface area contributed by atoms with Crippen LogP contribution in [0.15, 0.2) is 36.4 Å². The molecule has 0 radical (unpaired) electrons. The first kappa shape index (κ1) is 14.0. The Hall–Kier alpha value is -2.47. The minimum atomic E-state index is 0.592. The van der Waals surface area contributed by atoms with Gasteiger partial charge in [-0.05, 0) is 37.1 Å². The van der Waals surface area contributed by atoms with Crippen molar-refractivity contribution in [2.75, 3.05) is 12.4 Å². The van der Waals surface area contributed by atoms with Crippen LogP contribution in [0.25, 0.3) is 0 Å². The highest BCUT2D eigenvalue weighted by atomic mass is 16.5. The maximum absolute atomic E-state index is 9.19. The number of rotatable bonds is 4. The van der Waals surface area contributed by atoms with Crippen molar-refractivity contribution in [1.82, 2.24) is 0 Å². The third kappa shape index (κ3) is 2.92. The molecule has 3 heteroatoms. The zero-order chi connectivity index (χ0) is 14.5. The number of nitriles is 1. The van der Waals surface area contributed by atoms with E-state index in [1.807, 2.05) is 12.1 Å². The van der Waals surface area contributed by atoms with E-state index in [2.05, 4.69) is 43.4 Å². The third-order valence-electron chi connectivity index (χ3n) is 3.33. The van der Waals surface area contributed by atoms with Gasteiger partial charge in [0, 0.05) is 6.54 Å². The number of para-hydroxylation sites is 1. The van der Waals surface area contributed by atoms with Crippen molar-refractivity contribution in [3.05, 3.63) is 58.7 Å². The van der Waals surface area contributed by atoms with Gasteiger partial charge in [-0.25, -0.2) is 0 Å². The Balaban J connectivity index is 2.27.